The van der Waals surface area contributed by atoms with Crippen LogP contribution in [-0.2, 0) is 4.79 Å². The summed E-state index contributed by atoms with van der Waals surface area (Å²) in [5.74, 6) is -0.938. The monoisotopic (exact) mass is 390 g/mol. The molecule has 0 saturated carbocycles. The van der Waals surface area contributed by atoms with Gasteiger partial charge in [0.1, 0.15) is 11.9 Å². The molecule has 0 N–H and O–H groups in total. The molecule has 1 atom stereocenters. The summed E-state index contributed by atoms with van der Waals surface area (Å²) in [7, 11) is 0. The van der Waals surface area contributed by atoms with Crippen LogP contribution in [0.15, 0.2) is 53.0 Å². The summed E-state index contributed by atoms with van der Waals surface area (Å²) < 4.78 is 14.3. The Labute approximate surface area is 148 Å². The average molecular weight is 391 g/mol. The average Bonchev–Trinajstić information content (AvgIpc) is 2.58. The first-order valence-electron chi connectivity index (χ1n) is 7.61. The van der Waals surface area contributed by atoms with Gasteiger partial charge in [-0.3, -0.25) is 9.59 Å². The van der Waals surface area contributed by atoms with Gasteiger partial charge in [-0.25, -0.2) is 4.39 Å². The van der Waals surface area contributed by atoms with Crippen molar-refractivity contribution in [2.45, 2.75) is 13.0 Å². The lowest BCUT2D eigenvalue weighted by Gasteiger charge is -2.39. The van der Waals surface area contributed by atoms with E-state index in [0.29, 0.717) is 13.1 Å². The third-order valence-corrected chi connectivity index (χ3v) is 4.65. The molecule has 1 aliphatic rings. The van der Waals surface area contributed by atoms with E-state index >= 15 is 0 Å². The van der Waals surface area contributed by atoms with Gasteiger partial charge in [0.2, 0.25) is 5.91 Å². The molecule has 0 radical (unpaired) electrons. The van der Waals surface area contributed by atoms with Gasteiger partial charge in [-0.1, -0.05) is 22.0 Å². The summed E-state index contributed by atoms with van der Waals surface area (Å²) in [4.78, 5) is 28.4. The standard InChI is InChI=1S/C18H16BrFN2O2/c1-12-17(23)22(16-7-5-14(19)6-8-16)10-9-21(12)18(24)13-3-2-4-15(20)11-13/h2-8,11-12H,9-10H2,1H3/t12-/m0/s1. The lowest BCUT2D eigenvalue weighted by Crippen LogP contribution is -2.57. The maximum Gasteiger partial charge on any atom is 0.254 e. The molecule has 1 fully saturated rings. The van der Waals surface area contributed by atoms with Crippen LogP contribution in [0.5, 0.6) is 0 Å². The minimum absolute atomic E-state index is 0.145. The summed E-state index contributed by atoms with van der Waals surface area (Å²) >= 11 is 3.37. The number of carbonyl (C=O) groups is 2. The number of rotatable bonds is 2. The molecule has 1 aliphatic heterocycles. The van der Waals surface area contributed by atoms with Gasteiger partial charge in [0.15, 0.2) is 0 Å². The summed E-state index contributed by atoms with van der Waals surface area (Å²) in [6, 6.07) is 12.4. The van der Waals surface area contributed by atoms with Crippen molar-refractivity contribution >= 4 is 33.4 Å². The Morgan fingerprint density at radius 3 is 2.54 bits per heavy atom. The van der Waals surface area contributed by atoms with E-state index in [0.717, 1.165) is 10.2 Å². The first-order chi connectivity index (χ1) is 11.5. The zero-order valence-electron chi connectivity index (χ0n) is 13.1. The number of hydrogen-bond donors (Lipinski definition) is 0. The second-order valence-corrected chi connectivity index (χ2v) is 6.57. The second-order valence-electron chi connectivity index (χ2n) is 5.65. The van der Waals surface area contributed by atoms with Gasteiger partial charge in [-0.15, -0.1) is 0 Å². The molecule has 3 rings (SSSR count). The van der Waals surface area contributed by atoms with Crippen LogP contribution >= 0.6 is 15.9 Å². The summed E-state index contributed by atoms with van der Waals surface area (Å²) in [6.07, 6.45) is 0. The molecule has 6 heteroatoms. The molecule has 0 bridgehead atoms. The van der Waals surface area contributed by atoms with Crippen LogP contribution in [0.25, 0.3) is 0 Å². The molecule has 2 aromatic carbocycles. The predicted octanol–water partition coefficient (Wildman–Crippen LogP) is 3.47. The van der Waals surface area contributed by atoms with E-state index in [1.165, 1.54) is 23.1 Å². The second kappa shape index (κ2) is 6.73. The van der Waals surface area contributed by atoms with Gasteiger partial charge >= 0.3 is 0 Å². The van der Waals surface area contributed by atoms with Crippen LogP contribution in [0, 0.1) is 5.82 Å². The van der Waals surface area contributed by atoms with Crippen molar-refractivity contribution in [2.24, 2.45) is 0 Å². The fraction of sp³-hybridized carbons (Fsp3) is 0.222. The molecule has 2 aromatic rings. The van der Waals surface area contributed by atoms with Crippen molar-refractivity contribution in [3.05, 3.63) is 64.4 Å². The quantitative estimate of drug-likeness (QED) is 0.787. The Morgan fingerprint density at radius 1 is 1.17 bits per heavy atom. The molecule has 1 saturated heterocycles. The van der Waals surface area contributed by atoms with Crippen LogP contribution in [-0.4, -0.2) is 35.8 Å². The number of anilines is 1. The van der Waals surface area contributed by atoms with Crippen molar-refractivity contribution in [3.63, 3.8) is 0 Å². The molecule has 0 aliphatic carbocycles. The maximum atomic E-state index is 13.3. The van der Waals surface area contributed by atoms with E-state index in [1.54, 1.807) is 17.9 Å². The summed E-state index contributed by atoms with van der Waals surface area (Å²) in [6.45, 7) is 2.51. The first-order valence-corrected chi connectivity index (χ1v) is 8.40. The number of benzene rings is 2. The predicted molar refractivity (Wildman–Crippen MR) is 93.4 cm³/mol. The van der Waals surface area contributed by atoms with Crippen LogP contribution in [0.2, 0.25) is 0 Å². The van der Waals surface area contributed by atoms with E-state index < -0.39 is 11.9 Å². The maximum absolute atomic E-state index is 13.3. The molecular formula is C18H16BrFN2O2. The van der Waals surface area contributed by atoms with Crippen molar-refractivity contribution in [2.75, 3.05) is 18.0 Å². The Balaban J connectivity index is 1.79. The third kappa shape index (κ3) is 3.19. The van der Waals surface area contributed by atoms with Crippen LogP contribution < -0.4 is 4.90 Å². The highest BCUT2D eigenvalue weighted by atomic mass is 79.9. The SMILES string of the molecule is C[C@H]1C(=O)N(c2ccc(Br)cc2)CCN1C(=O)c1cccc(F)c1. The number of nitrogens with zero attached hydrogens (tertiary/aromatic N) is 2. The van der Waals surface area contributed by atoms with Crippen molar-refractivity contribution < 1.29 is 14.0 Å². The Hall–Kier alpha value is -2.21. The van der Waals surface area contributed by atoms with Crippen LogP contribution in [0.1, 0.15) is 17.3 Å². The van der Waals surface area contributed by atoms with Gasteiger partial charge in [-0.2, -0.15) is 0 Å². The Bertz CT molecular complexity index is 779. The molecule has 124 valence electrons. The highest BCUT2D eigenvalue weighted by molar-refractivity contribution is 9.10. The summed E-state index contributed by atoms with van der Waals surface area (Å²) in [5, 5.41) is 0. The normalized spacial score (nSPS) is 18.0. The van der Waals surface area contributed by atoms with E-state index in [-0.39, 0.29) is 17.4 Å². The van der Waals surface area contributed by atoms with Gasteiger partial charge in [0, 0.05) is 28.8 Å². The highest BCUT2D eigenvalue weighted by Crippen LogP contribution is 2.23. The highest BCUT2D eigenvalue weighted by Gasteiger charge is 2.35. The number of carbonyl (C=O) groups excluding carboxylic acids is 2. The molecule has 0 spiro atoms. The molecule has 1 heterocycles. The lowest BCUT2D eigenvalue weighted by atomic mass is 10.1. The number of halogens is 2. The summed E-state index contributed by atoms with van der Waals surface area (Å²) in [5.41, 5.74) is 1.06. The number of piperazine rings is 1. The van der Waals surface area contributed by atoms with Gasteiger partial charge < -0.3 is 9.80 Å². The van der Waals surface area contributed by atoms with Crippen LogP contribution in [0.3, 0.4) is 0 Å². The largest absolute Gasteiger partial charge is 0.325 e. The third-order valence-electron chi connectivity index (χ3n) is 4.13. The minimum Gasteiger partial charge on any atom is -0.325 e. The minimum atomic E-state index is -0.599. The van der Waals surface area contributed by atoms with Crippen molar-refractivity contribution in [3.8, 4) is 0 Å². The van der Waals surface area contributed by atoms with Crippen molar-refractivity contribution in [1.29, 1.82) is 0 Å². The van der Waals surface area contributed by atoms with Gasteiger partial charge in [-0.05, 0) is 49.4 Å². The van der Waals surface area contributed by atoms with Crippen molar-refractivity contribution in [1.82, 2.24) is 4.90 Å². The number of amides is 2. The fourth-order valence-corrected chi connectivity index (χ4v) is 3.08. The molecule has 4 nitrogen and oxygen atoms in total. The molecule has 24 heavy (non-hydrogen) atoms. The van der Waals surface area contributed by atoms with Crippen LogP contribution in [0.4, 0.5) is 10.1 Å². The molecule has 0 unspecified atom stereocenters. The molecule has 2 amide bonds. The Morgan fingerprint density at radius 2 is 1.88 bits per heavy atom. The van der Waals surface area contributed by atoms with E-state index in [2.05, 4.69) is 15.9 Å². The number of hydrogen-bond acceptors (Lipinski definition) is 2. The van der Waals surface area contributed by atoms with E-state index in [9.17, 15) is 14.0 Å². The van der Waals surface area contributed by atoms with Gasteiger partial charge in [0.05, 0.1) is 0 Å². The zero-order chi connectivity index (χ0) is 17.3. The fourth-order valence-electron chi connectivity index (χ4n) is 2.81. The molecular weight excluding hydrogens is 375 g/mol. The lowest BCUT2D eigenvalue weighted by molar-refractivity contribution is -0.124. The first kappa shape index (κ1) is 16.6. The van der Waals surface area contributed by atoms with E-state index in [1.807, 2.05) is 24.3 Å². The Kier molecular flexibility index (Phi) is 4.66. The smallest absolute Gasteiger partial charge is 0.254 e. The van der Waals surface area contributed by atoms with E-state index in [4.69, 9.17) is 0 Å². The topological polar surface area (TPSA) is 40.6 Å². The molecule has 0 aromatic heterocycles. The zero-order valence-corrected chi connectivity index (χ0v) is 14.7. The van der Waals surface area contributed by atoms with Gasteiger partial charge in [0.25, 0.3) is 5.91 Å².